The number of hydrogen-bond acceptors (Lipinski definition) is 0. The van der Waals surface area contributed by atoms with Crippen molar-refractivity contribution < 1.29 is 4.39 Å². The number of benzene rings is 1. The van der Waals surface area contributed by atoms with E-state index in [9.17, 15) is 4.39 Å². The predicted octanol–water partition coefficient (Wildman–Crippen LogP) is 3.95. The normalized spacial score (nSPS) is 11.8. The van der Waals surface area contributed by atoms with Gasteiger partial charge in [-0.2, -0.15) is 0 Å². The molecule has 0 amide bonds. The molecule has 1 aromatic rings. The monoisotopic (exact) mass is 178 g/mol. The minimum atomic E-state index is -0.163. The molecule has 0 aliphatic heterocycles. The van der Waals surface area contributed by atoms with Crippen LogP contribution in [0.1, 0.15) is 31.4 Å². The number of hydrogen-bond donors (Lipinski definition) is 0. The van der Waals surface area contributed by atoms with Gasteiger partial charge in [-0.1, -0.05) is 24.6 Å². The van der Waals surface area contributed by atoms with Gasteiger partial charge in [-0.15, -0.1) is 0 Å². The Morgan fingerprint density at radius 3 is 2.69 bits per heavy atom. The Labute approximate surface area is 79.1 Å². The third-order valence-electron chi connectivity index (χ3n) is 2.19. The standard InChI is InChI=1S/C12H15F/c1-4-9(2)7-11-5-6-12(13)8-10(11)3/h5-8H,4H2,1-3H3/b9-7+. The number of allylic oxidation sites excluding steroid dienone is 1. The molecule has 1 heteroatoms. The topological polar surface area (TPSA) is 0 Å². The summed E-state index contributed by atoms with van der Waals surface area (Å²) in [5.41, 5.74) is 3.42. The van der Waals surface area contributed by atoms with Gasteiger partial charge in [0.05, 0.1) is 0 Å². The van der Waals surface area contributed by atoms with Crippen molar-refractivity contribution in [3.63, 3.8) is 0 Å². The molecule has 0 atom stereocenters. The van der Waals surface area contributed by atoms with Crippen LogP contribution in [0.3, 0.4) is 0 Å². The van der Waals surface area contributed by atoms with Crippen LogP contribution in [-0.4, -0.2) is 0 Å². The average Bonchev–Trinajstić information content (AvgIpc) is 2.09. The highest BCUT2D eigenvalue weighted by Gasteiger charge is 1.96. The van der Waals surface area contributed by atoms with E-state index in [0.29, 0.717) is 0 Å². The van der Waals surface area contributed by atoms with Crippen LogP contribution in [-0.2, 0) is 0 Å². The van der Waals surface area contributed by atoms with E-state index in [1.807, 2.05) is 13.0 Å². The highest BCUT2D eigenvalue weighted by Crippen LogP contribution is 2.14. The molecule has 0 aromatic heterocycles. The molecule has 70 valence electrons. The lowest BCUT2D eigenvalue weighted by atomic mass is 10.1. The summed E-state index contributed by atoms with van der Waals surface area (Å²) in [6.07, 6.45) is 3.14. The summed E-state index contributed by atoms with van der Waals surface area (Å²) in [5, 5.41) is 0. The Hall–Kier alpha value is -1.11. The average molecular weight is 178 g/mol. The van der Waals surface area contributed by atoms with Crippen LogP contribution in [0.25, 0.3) is 6.08 Å². The van der Waals surface area contributed by atoms with E-state index in [1.54, 1.807) is 6.07 Å². The highest BCUT2D eigenvalue weighted by atomic mass is 19.1. The lowest BCUT2D eigenvalue weighted by molar-refractivity contribution is 0.626. The van der Waals surface area contributed by atoms with Gasteiger partial charge in [-0.3, -0.25) is 0 Å². The molecule has 0 spiro atoms. The second-order valence-corrected chi connectivity index (χ2v) is 3.35. The minimum Gasteiger partial charge on any atom is -0.207 e. The maximum absolute atomic E-state index is 12.7. The van der Waals surface area contributed by atoms with Crippen LogP contribution < -0.4 is 0 Å². The van der Waals surface area contributed by atoms with Gasteiger partial charge >= 0.3 is 0 Å². The van der Waals surface area contributed by atoms with Gasteiger partial charge in [-0.25, -0.2) is 4.39 Å². The second kappa shape index (κ2) is 4.22. The molecule has 0 saturated heterocycles. The van der Waals surface area contributed by atoms with Crippen molar-refractivity contribution in [3.05, 3.63) is 40.7 Å². The summed E-state index contributed by atoms with van der Waals surface area (Å²) in [4.78, 5) is 0. The van der Waals surface area contributed by atoms with Gasteiger partial charge < -0.3 is 0 Å². The van der Waals surface area contributed by atoms with Crippen molar-refractivity contribution in [1.82, 2.24) is 0 Å². The maximum Gasteiger partial charge on any atom is 0.123 e. The van der Waals surface area contributed by atoms with Crippen LogP contribution in [0.4, 0.5) is 4.39 Å². The van der Waals surface area contributed by atoms with E-state index < -0.39 is 0 Å². The molecule has 0 nitrogen and oxygen atoms in total. The molecule has 0 bridgehead atoms. The molecule has 0 aliphatic carbocycles. The van der Waals surface area contributed by atoms with Gasteiger partial charge in [0, 0.05) is 0 Å². The molecule has 0 N–H and O–H groups in total. The SMILES string of the molecule is CC/C(C)=C/c1ccc(F)cc1C. The minimum absolute atomic E-state index is 0.163. The molecule has 1 rings (SSSR count). The first-order valence-electron chi connectivity index (χ1n) is 4.57. The highest BCUT2D eigenvalue weighted by molar-refractivity contribution is 5.55. The fourth-order valence-corrected chi connectivity index (χ4v) is 1.17. The number of rotatable bonds is 2. The Kier molecular flexibility index (Phi) is 3.24. The molecule has 0 heterocycles. The zero-order chi connectivity index (χ0) is 9.84. The van der Waals surface area contributed by atoms with E-state index in [-0.39, 0.29) is 5.82 Å². The zero-order valence-electron chi connectivity index (χ0n) is 8.39. The van der Waals surface area contributed by atoms with E-state index in [1.165, 1.54) is 11.6 Å². The number of halogens is 1. The van der Waals surface area contributed by atoms with Gasteiger partial charge in [-0.05, 0) is 43.5 Å². The Bertz CT molecular complexity index is 324. The van der Waals surface area contributed by atoms with Crippen LogP contribution >= 0.6 is 0 Å². The van der Waals surface area contributed by atoms with Crippen molar-refractivity contribution in [2.45, 2.75) is 27.2 Å². The zero-order valence-corrected chi connectivity index (χ0v) is 8.39. The summed E-state index contributed by atoms with van der Waals surface area (Å²) < 4.78 is 12.7. The molecule has 0 unspecified atom stereocenters. The predicted molar refractivity (Wildman–Crippen MR) is 55.1 cm³/mol. The van der Waals surface area contributed by atoms with E-state index in [4.69, 9.17) is 0 Å². The van der Waals surface area contributed by atoms with Crippen molar-refractivity contribution in [1.29, 1.82) is 0 Å². The van der Waals surface area contributed by atoms with Crippen LogP contribution in [0, 0.1) is 12.7 Å². The molecule has 0 fully saturated rings. The van der Waals surface area contributed by atoms with Gasteiger partial charge in [0.2, 0.25) is 0 Å². The summed E-state index contributed by atoms with van der Waals surface area (Å²) in [6, 6.07) is 4.89. The molecule has 0 radical (unpaired) electrons. The van der Waals surface area contributed by atoms with Crippen molar-refractivity contribution in [2.24, 2.45) is 0 Å². The Balaban J connectivity index is 3.03. The lowest BCUT2D eigenvalue weighted by Crippen LogP contribution is -1.84. The smallest absolute Gasteiger partial charge is 0.123 e. The first-order chi connectivity index (χ1) is 6.13. The summed E-state index contributed by atoms with van der Waals surface area (Å²) in [5.74, 6) is -0.163. The molecular formula is C12H15F. The number of aryl methyl sites for hydroxylation is 1. The summed E-state index contributed by atoms with van der Waals surface area (Å²) in [6.45, 7) is 6.13. The van der Waals surface area contributed by atoms with Crippen LogP contribution in [0.5, 0.6) is 0 Å². The second-order valence-electron chi connectivity index (χ2n) is 3.35. The molecular weight excluding hydrogens is 163 g/mol. The van der Waals surface area contributed by atoms with Crippen molar-refractivity contribution in [2.75, 3.05) is 0 Å². The first kappa shape index (κ1) is 9.97. The molecule has 1 aromatic carbocycles. The van der Waals surface area contributed by atoms with Crippen molar-refractivity contribution >= 4 is 6.08 Å². The molecule has 13 heavy (non-hydrogen) atoms. The third-order valence-corrected chi connectivity index (χ3v) is 2.19. The molecule has 0 saturated carbocycles. The Morgan fingerprint density at radius 1 is 1.46 bits per heavy atom. The Morgan fingerprint density at radius 2 is 2.15 bits per heavy atom. The fourth-order valence-electron chi connectivity index (χ4n) is 1.17. The lowest BCUT2D eigenvalue weighted by Gasteiger charge is -2.01. The van der Waals surface area contributed by atoms with E-state index >= 15 is 0 Å². The largest absolute Gasteiger partial charge is 0.207 e. The quantitative estimate of drug-likeness (QED) is 0.643. The van der Waals surface area contributed by atoms with Gasteiger partial charge in [0.1, 0.15) is 5.82 Å². The van der Waals surface area contributed by atoms with Gasteiger partial charge in [0.15, 0.2) is 0 Å². The fraction of sp³-hybridized carbons (Fsp3) is 0.333. The van der Waals surface area contributed by atoms with E-state index in [0.717, 1.165) is 17.5 Å². The summed E-state index contributed by atoms with van der Waals surface area (Å²) in [7, 11) is 0. The van der Waals surface area contributed by atoms with Crippen molar-refractivity contribution in [3.8, 4) is 0 Å². The van der Waals surface area contributed by atoms with E-state index in [2.05, 4.69) is 19.9 Å². The van der Waals surface area contributed by atoms with Crippen LogP contribution in [0.2, 0.25) is 0 Å². The molecule has 0 aliphatic rings. The summed E-state index contributed by atoms with van der Waals surface area (Å²) >= 11 is 0. The maximum atomic E-state index is 12.7. The first-order valence-corrected chi connectivity index (χ1v) is 4.57. The van der Waals surface area contributed by atoms with Crippen LogP contribution in [0.15, 0.2) is 23.8 Å². The third kappa shape index (κ3) is 2.69. The van der Waals surface area contributed by atoms with Gasteiger partial charge in [0.25, 0.3) is 0 Å².